The molecular formula is C15H13N5O3S. The Kier molecular flexibility index (Phi) is 4.34. The van der Waals surface area contributed by atoms with Crippen LogP contribution in [0.5, 0.6) is 0 Å². The predicted molar refractivity (Wildman–Crippen MR) is 88.6 cm³/mol. The molecule has 2 heterocycles. The molecule has 0 bridgehead atoms. The van der Waals surface area contributed by atoms with Crippen molar-refractivity contribution in [2.75, 3.05) is 7.05 Å². The first kappa shape index (κ1) is 15.8. The lowest BCUT2D eigenvalue weighted by molar-refractivity contribution is -0.384. The van der Waals surface area contributed by atoms with E-state index in [2.05, 4.69) is 15.0 Å². The maximum Gasteiger partial charge on any atom is 0.272 e. The van der Waals surface area contributed by atoms with Gasteiger partial charge in [0.25, 0.3) is 11.6 Å². The molecule has 24 heavy (non-hydrogen) atoms. The number of amides is 1. The van der Waals surface area contributed by atoms with Gasteiger partial charge in [0.15, 0.2) is 0 Å². The van der Waals surface area contributed by atoms with Crippen LogP contribution in [-0.2, 0) is 6.54 Å². The molecule has 3 rings (SSSR count). The predicted octanol–water partition coefficient (Wildman–Crippen LogP) is 2.71. The van der Waals surface area contributed by atoms with Crippen LogP contribution in [-0.4, -0.2) is 37.7 Å². The van der Waals surface area contributed by atoms with E-state index in [1.54, 1.807) is 25.4 Å². The van der Waals surface area contributed by atoms with E-state index in [1.807, 2.05) is 5.38 Å². The van der Waals surface area contributed by atoms with Crippen LogP contribution in [0.4, 0.5) is 5.69 Å². The van der Waals surface area contributed by atoms with Gasteiger partial charge in [0, 0.05) is 36.3 Å². The minimum absolute atomic E-state index is 0.0299. The molecule has 8 nitrogen and oxygen atoms in total. The van der Waals surface area contributed by atoms with E-state index in [0.717, 1.165) is 5.01 Å². The average Bonchev–Trinajstić information content (AvgIpc) is 3.26. The second kappa shape index (κ2) is 6.59. The Bertz CT molecular complexity index is 875. The largest absolute Gasteiger partial charge is 0.334 e. The molecule has 1 amide bonds. The van der Waals surface area contributed by atoms with Crippen molar-refractivity contribution in [1.29, 1.82) is 0 Å². The normalized spacial score (nSPS) is 10.5. The van der Waals surface area contributed by atoms with Crippen molar-refractivity contribution < 1.29 is 9.72 Å². The number of thiazole rings is 1. The van der Waals surface area contributed by atoms with E-state index in [-0.39, 0.29) is 11.6 Å². The van der Waals surface area contributed by atoms with Crippen molar-refractivity contribution in [3.8, 4) is 11.4 Å². The summed E-state index contributed by atoms with van der Waals surface area (Å²) in [5.41, 5.74) is 0.832. The molecule has 1 aromatic carbocycles. The Labute approximate surface area is 141 Å². The van der Waals surface area contributed by atoms with Crippen LogP contribution < -0.4 is 0 Å². The maximum absolute atomic E-state index is 12.4. The Morgan fingerprint density at radius 1 is 1.42 bits per heavy atom. The molecule has 0 radical (unpaired) electrons. The van der Waals surface area contributed by atoms with Gasteiger partial charge in [0.05, 0.1) is 17.7 Å². The number of non-ortho nitro benzene ring substituents is 1. The average molecular weight is 343 g/mol. The Morgan fingerprint density at radius 3 is 2.96 bits per heavy atom. The van der Waals surface area contributed by atoms with Crippen molar-refractivity contribution in [2.24, 2.45) is 0 Å². The van der Waals surface area contributed by atoms with Crippen molar-refractivity contribution in [3.05, 3.63) is 62.9 Å². The quantitative estimate of drug-likeness (QED) is 0.566. The summed E-state index contributed by atoms with van der Waals surface area (Å²) in [7, 11) is 1.68. The zero-order valence-corrected chi connectivity index (χ0v) is 13.5. The van der Waals surface area contributed by atoms with E-state index in [9.17, 15) is 14.9 Å². The fourth-order valence-corrected chi connectivity index (χ4v) is 2.82. The highest BCUT2D eigenvalue weighted by molar-refractivity contribution is 7.09. The van der Waals surface area contributed by atoms with Crippen LogP contribution in [0.25, 0.3) is 11.4 Å². The second-order valence-electron chi connectivity index (χ2n) is 5.04. The molecule has 0 saturated carbocycles. The number of carbonyl (C=O) groups excluding carboxylic acids is 1. The molecule has 0 aliphatic heterocycles. The molecule has 0 aliphatic rings. The van der Waals surface area contributed by atoms with Gasteiger partial charge < -0.3 is 9.88 Å². The Balaban J connectivity index is 1.78. The standard InChI is InChI=1S/C15H13N5O3S/c1-19(9-13-16-5-6-24-13)15(21)12-8-17-14(18-12)10-3-2-4-11(7-10)20(22)23/h2-8H,9H2,1H3,(H,17,18). The number of imidazole rings is 1. The highest BCUT2D eigenvalue weighted by Crippen LogP contribution is 2.21. The van der Waals surface area contributed by atoms with Crippen molar-refractivity contribution in [1.82, 2.24) is 19.9 Å². The third-order valence-electron chi connectivity index (χ3n) is 3.34. The van der Waals surface area contributed by atoms with E-state index < -0.39 is 4.92 Å². The molecule has 0 unspecified atom stereocenters. The number of nitrogens with zero attached hydrogens (tertiary/aromatic N) is 4. The smallest absolute Gasteiger partial charge is 0.272 e. The first-order chi connectivity index (χ1) is 11.5. The van der Waals surface area contributed by atoms with Crippen molar-refractivity contribution in [3.63, 3.8) is 0 Å². The molecule has 0 aliphatic carbocycles. The Hall–Kier alpha value is -3.07. The van der Waals surface area contributed by atoms with Gasteiger partial charge in [-0.05, 0) is 0 Å². The van der Waals surface area contributed by atoms with Gasteiger partial charge >= 0.3 is 0 Å². The summed E-state index contributed by atoms with van der Waals surface area (Å²) < 4.78 is 0. The molecule has 122 valence electrons. The number of aromatic amines is 1. The second-order valence-corrected chi connectivity index (χ2v) is 6.02. The monoisotopic (exact) mass is 343 g/mol. The van der Waals surface area contributed by atoms with Crippen LogP contribution in [0.3, 0.4) is 0 Å². The molecule has 0 spiro atoms. The first-order valence-corrected chi connectivity index (χ1v) is 7.86. The molecule has 0 fully saturated rings. The lowest BCUT2D eigenvalue weighted by atomic mass is 10.2. The fraction of sp³-hybridized carbons (Fsp3) is 0.133. The zero-order valence-electron chi connectivity index (χ0n) is 12.7. The fourth-order valence-electron chi connectivity index (χ4n) is 2.15. The van der Waals surface area contributed by atoms with Crippen LogP contribution in [0.1, 0.15) is 15.5 Å². The van der Waals surface area contributed by atoms with Crippen LogP contribution in [0.2, 0.25) is 0 Å². The van der Waals surface area contributed by atoms with E-state index in [1.165, 1.54) is 34.6 Å². The van der Waals surface area contributed by atoms with Crippen molar-refractivity contribution in [2.45, 2.75) is 6.54 Å². The first-order valence-electron chi connectivity index (χ1n) is 6.98. The molecule has 0 saturated heterocycles. The third-order valence-corrected chi connectivity index (χ3v) is 4.10. The highest BCUT2D eigenvalue weighted by atomic mass is 32.1. The summed E-state index contributed by atoms with van der Waals surface area (Å²) in [5, 5.41) is 13.5. The number of benzene rings is 1. The number of carbonyl (C=O) groups is 1. The number of hydrogen-bond donors (Lipinski definition) is 1. The summed E-state index contributed by atoms with van der Waals surface area (Å²) in [6.45, 7) is 0.404. The lowest BCUT2D eigenvalue weighted by Crippen LogP contribution is -2.26. The molecule has 1 N–H and O–H groups in total. The molecule has 3 aromatic rings. The van der Waals surface area contributed by atoms with E-state index >= 15 is 0 Å². The summed E-state index contributed by atoms with van der Waals surface area (Å²) in [4.78, 5) is 35.5. The summed E-state index contributed by atoms with van der Waals surface area (Å²) in [6, 6.07) is 6.08. The van der Waals surface area contributed by atoms with E-state index in [4.69, 9.17) is 0 Å². The number of H-pyrrole nitrogens is 1. The number of nitrogens with one attached hydrogen (secondary N) is 1. The minimum atomic E-state index is -0.472. The van der Waals surface area contributed by atoms with Gasteiger partial charge in [0.2, 0.25) is 0 Å². The van der Waals surface area contributed by atoms with Gasteiger partial charge in [-0.2, -0.15) is 0 Å². The molecular weight excluding hydrogens is 330 g/mol. The topological polar surface area (TPSA) is 105 Å². The summed E-state index contributed by atoms with van der Waals surface area (Å²) >= 11 is 1.48. The number of hydrogen-bond acceptors (Lipinski definition) is 6. The number of aromatic nitrogens is 3. The van der Waals surface area contributed by atoms with Gasteiger partial charge in [-0.15, -0.1) is 11.3 Å². The SMILES string of the molecule is CN(Cc1nccs1)C(=O)c1cnc(-c2cccc([N+](=O)[O-])c2)[nH]1. The minimum Gasteiger partial charge on any atom is -0.334 e. The van der Waals surface area contributed by atoms with Crippen LogP contribution >= 0.6 is 11.3 Å². The van der Waals surface area contributed by atoms with Gasteiger partial charge in [0.1, 0.15) is 16.5 Å². The third kappa shape index (κ3) is 3.30. The molecule has 0 atom stereocenters. The van der Waals surface area contributed by atoms with Crippen molar-refractivity contribution >= 4 is 22.9 Å². The van der Waals surface area contributed by atoms with Crippen LogP contribution in [0.15, 0.2) is 42.0 Å². The Morgan fingerprint density at radius 2 is 2.25 bits per heavy atom. The van der Waals surface area contributed by atoms with Gasteiger partial charge in [-0.3, -0.25) is 14.9 Å². The number of rotatable bonds is 5. The van der Waals surface area contributed by atoms with E-state index in [0.29, 0.717) is 23.6 Å². The van der Waals surface area contributed by atoms with Crippen LogP contribution in [0, 0.1) is 10.1 Å². The molecule has 9 heteroatoms. The summed E-state index contributed by atoms with van der Waals surface area (Å²) in [5.74, 6) is 0.180. The molecule has 2 aromatic heterocycles. The maximum atomic E-state index is 12.4. The summed E-state index contributed by atoms with van der Waals surface area (Å²) in [6.07, 6.45) is 3.11. The zero-order chi connectivity index (χ0) is 17.1. The van der Waals surface area contributed by atoms with Gasteiger partial charge in [-0.25, -0.2) is 9.97 Å². The number of nitro groups is 1. The lowest BCUT2D eigenvalue weighted by Gasteiger charge is -2.14. The van der Waals surface area contributed by atoms with Gasteiger partial charge in [-0.1, -0.05) is 12.1 Å². The number of nitro benzene ring substituents is 1. The highest BCUT2D eigenvalue weighted by Gasteiger charge is 2.17.